The van der Waals surface area contributed by atoms with Gasteiger partial charge in [-0.15, -0.1) is 0 Å². The fourth-order valence-electron chi connectivity index (χ4n) is 3.28. The van der Waals surface area contributed by atoms with Gasteiger partial charge in [-0.05, 0) is 38.5 Å². The van der Waals surface area contributed by atoms with Crippen LogP contribution in [0.3, 0.4) is 0 Å². The van der Waals surface area contributed by atoms with Gasteiger partial charge in [-0.3, -0.25) is 19.4 Å². The Bertz CT molecular complexity index is 611. The number of nitrogens with zero attached hydrogens (tertiary/aromatic N) is 3. The van der Waals surface area contributed by atoms with Gasteiger partial charge < -0.3 is 10.2 Å². The Morgan fingerprint density at radius 2 is 1.70 bits per heavy atom. The molecule has 2 amide bonds. The van der Waals surface area contributed by atoms with Gasteiger partial charge in [-0.25, -0.2) is 4.39 Å². The topological polar surface area (TPSA) is 55.9 Å². The summed E-state index contributed by atoms with van der Waals surface area (Å²) >= 11 is 0. The van der Waals surface area contributed by atoms with Gasteiger partial charge in [0.25, 0.3) is 0 Å². The Hall–Kier alpha value is -1.99. The van der Waals surface area contributed by atoms with Crippen LogP contribution in [0.4, 0.5) is 4.39 Å². The first kappa shape index (κ1) is 21.3. The summed E-state index contributed by atoms with van der Waals surface area (Å²) < 4.78 is 12.9. The molecule has 1 N–H and O–H groups in total. The molecule has 1 aliphatic heterocycles. The maximum absolute atomic E-state index is 12.9. The lowest BCUT2D eigenvalue weighted by Gasteiger charge is -2.37. The third kappa shape index (κ3) is 6.29. The summed E-state index contributed by atoms with van der Waals surface area (Å²) in [4.78, 5) is 30.8. The first-order chi connectivity index (χ1) is 12.9. The zero-order valence-electron chi connectivity index (χ0n) is 16.6. The normalized spacial score (nSPS) is 16.7. The summed E-state index contributed by atoms with van der Waals surface area (Å²) in [6.07, 6.45) is 0. The van der Waals surface area contributed by atoms with Crippen LogP contribution < -0.4 is 5.32 Å². The number of likely N-dealkylation sites (N-methyl/N-ethyl adjacent to an activating group) is 1. The minimum absolute atomic E-state index is 0.0352. The SMILES string of the molecule is CCN(CC)C(=O)CN1CCN(C(C)C(=O)NCc2ccc(F)cc2)CC1. The molecule has 1 unspecified atom stereocenters. The molecule has 1 heterocycles. The smallest absolute Gasteiger partial charge is 0.237 e. The Morgan fingerprint density at radius 1 is 1.11 bits per heavy atom. The highest BCUT2D eigenvalue weighted by molar-refractivity contribution is 5.81. The van der Waals surface area contributed by atoms with Crippen molar-refractivity contribution in [2.45, 2.75) is 33.4 Å². The second kappa shape index (κ2) is 10.4. The number of carbonyl (C=O) groups is 2. The molecular weight excluding hydrogens is 347 g/mol. The van der Waals surface area contributed by atoms with Crippen LogP contribution in [0.5, 0.6) is 0 Å². The second-order valence-corrected chi connectivity index (χ2v) is 6.90. The van der Waals surface area contributed by atoms with Crippen LogP contribution in [0, 0.1) is 5.82 Å². The standard InChI is InChI=1S/C20H31FN4O2/c1-4-24(5-2)19(26)15-23-10-12-25(13-11-23)16(3)20(27)22-14-17-6-8-18(21)9-7-17/h6-9,16H,4-5,10-15H2,1-3H3,(H,22,27). The fourth-order valence-corrected chi connectivity index (χ4v) is 3.28. The number of halogens is 1. The van der Waals surface area contributed by atoms with Crippen LogP contribution in [0.2, 0.25) is 0 Å². The number of hydrogen-bond acceptors (Lipinski definition) is 4. The number of nitrogens with one attached hydrogen (secondary N) is 1. The minimum atomic E-state index is -0.282. The van der Waals surface area contributed by atoms with E-state index < -0.39 is 0 Å². The largest absolute Gasteiger partial charge is 0.351 e. The molecule has 1 aliphatic rings. The Kier molecular flexibility index (Phi) is 8.19. The van der Waals surface area contributed by atoms with E-state index in [-0.39, 0.29) is 23.7 Å². The van der Waals surface area contributed by atoms with Crippen LogP contribution in [-0.4, -0.2) is 78.4 Å². The number of piperazine rings is 1. The van der Waals surface area contributed by atoms with Crippen molar-refractivity contribution in [1.29, 1.82) is 0 Å². The lowest BCUT2D eigenvalue weighted by molar-refractivity contribution is -0.133. The van der Waals surface area contributed by atoms with E-state index in [0.717, 1.165) is 44.8 Å². The minimum Gasteiger partial charge on any atom is -0.351 e. The van der Waals surface area contributed by atoms with Crippen molar-refractivity contribution < 1.29 is 14.0 Å². The van der Waals surface area contributed by atoms with Gasteiger partial charge in [0.1, 0.15) is 5.82 Å². The van der Waals surface area contributed by atoms with Crippen LogP contribution >= 0.6 is 0 Å². The molecule has 27 heavy (non-hydrogen) atoms. The predicted molar refractivity (Wildman–Crippen MR) is 104 cm³/mol. The summed E-state index contributed by atoms with van der Waals surface area (Å²) in [6.45, 7) is 11.3. The van der Waals surface area contributed by atoms with Crippen LogP contribution in [0.1, 0.15) is 26.3 Å². The van der Waals surface area contributed by atoms with Crippen molar-refractivity contribution in [3.05, 3.63) is 35.6 Å². The van der Waals surface area contributed by atoms with Gasteiger partial charge in [0.2, 0.25) is 11.8 Å². The molecule has 7 heteroatoms. The van der Waals surface area contributed by atoms with Crippen molar-refractivity contribution in [3.8, 4) is 0 Å². The highest BCUT2D eigenvalue weighted by Gasteiger charge is 2.26. The van der Waals surface area contributed by atoms with Crippen molar-refractivity contribution in [2.75, 3.05) is 45.8 Å². The average molecular weight is 378 g/mol. The lowest BCUT2D eigenvalue weighted by atomic mass is 10.2. The first-order valence-electron chi connectivity index (χ1n) is 9.70. The molecular formula is C20H31FN4O2. The van der Waals surface area contributed by atoms with Crippen molar-refractivity contribution in [2.24, 2.45) is 0 Å². The van der Waals surface area contributed by atoms with Crippen molar-refractivity contribution in [3.63, 3.8) is 0 Å². The molecule has 1 aromatic rings. The second-order valence-electron chi connectivity index (χ2n) is 6.90. The van der Waals surface area contributed by atoms with Gasteiger partial charge in [-0.2, -0.15) is 0 Å². The monoisotopic (exact) mass is 378 g/mol. The van der Waals surface area contributed by atoms with E-state index >= 15 is 0 Å². The number of hydrogen-bond donors (Lipinski definition) is 1. The molecule has 1 saturated heterocycles. The molecule has 1 fully saturated rings. The third-order valence-corrected chi connectivity index (χ3v) is 5.19. The van der Waals surface area contributed by atoms with E-state index in [4.69, 9.17) is 0 Å². The highest BCUT2D eigenvalue weighted by atomic mass is 19.1. The van der Waals surface area contributed by atoms with E-state index in [1.54, 1.807) is 12.1 Å². The number of amides is 2. The zero-order chi connectivity index (χ0) is 19.8. The molecule has 0 bridgehead atoms. The first-order valence-corrected chi connectivity index (χ1v) is 9.70. The number of rotatable bonds is 8. The van der Waals surface area contributed by atoms with Crippen molar-refractivity contribution >= 4 is 11.8 Å². The molecule has 1 aromatic carbocycles. The molecule has 2 rings (SSSR count). The summed E-state index contributed by atoms with van der Waals surface area (Å²) in [5, 5.41) is 2.91. The van der Waals surface area contributed by atoms with E-state index in [0.29, 0.717) is 13.1 Å². The highest BCUT2D eigenvalue weighted by Crippen LogP contribution is 2.08. The van der Waals surface area contributed by atoms with E-state index in [1.807, 2.05) is 25.7 Å². The quantitative estimate of drug-likeness (QED) is 0.741. The van der Waals surface area contributed by atoms with E-state index in [9.17, 15) is 14.0 Å². The van der Waals surface area contributed by atoms with E-state index in [2.05, 4.69) is 15.1 Å². The van der Waals surface area contributed by atoms with E-state index in [1.165, 1.54) is 12.1 Å². The van der Waals surface area contributed by atoms with Gasteiger partial charge in [0.15, 0.2) is 0 Å². The summed E-state index contributed by atoms with van der Waals surface area (Å²) in [7, 11) is 0. The number of benzene rings is 1. The molecule has 0 aromatic heterocycles. The van der Waals surface area contributed by atoms with Crippen LogP contribution in [0.25, 0.3) is 0 Å². The molecule has 1 atom stereocenters. The van der Waals surface area contributed by atoms with Crippen LogP contribution in [0.15, 0.2) is 24.3 Å². The fraction of sp³-hybridized carbons (Fsp3) is 0.600. The van der Waals surface area contributed by atoms with Gasteiger partial charge >= 0.3 is 0 Å². The lowest BCUT2D eigenvalue weighted by Crippen LogP contribution is -2.55. The molecule has 0 saturated carbocycles. The third-order valence-electron chi connectivity index (χ3n) is 5.19. The van der Waals surface area contributed by atoms with Crippen molar-refractivity contribution in [1.82, 2.24) is 20.0 Å². The summed E-state index contributed by atoms with van der Waals surface area (Å²) in [5.41, 5.74) is 0.872. The maximum atomic E-state index is 12.9. The van der Waals surface area contributed by atoms with Gasteiger partial charge in [-0.1, -0.05) is 12.1 Å². The van der Waals surface area contributed by atoms with Gasteiger partial charge in [0.05, 0.1) is 12.6 Å². The maximum Gasteiger partial charge on any atom is 0.237 e. The molecule has 0 radical (unpaired) electrons. The molecule has 0 aliphatic carbocycles. The molecule has 0 spiro atoms. The zero-order valence-corrected chi connectivity index (χ0v) is 16.6. The molecule has 150 valence electrons. The number of carbonyl (C=O) groups excluding carboxylic acids is 2. The predicted octanol–water partition coefficient (Wildman–Crippen LogP) is 1.32. The average Bonchev–Trinajstić information content (AvgIpc) is 2.68. The Morgan fingerprint density at radius 3 is 2.26 bits per heavy atom. The summed E-state index contributed by atoms with van der Waals surface area (Å²) in [6, 6.07) is 5.90. The molecule has 6 nitrogen and oxygen atoms in total. The summed E-state index contributed by atoms with van der Waals surface area (Å²) in [5.74, 6) is -0.152. The Labute approximate surface area is 161 Å². The Balaban J connectivity index is 1.75. The van der Waals surface area contributed by atoms with Gasteiger partial charge in [0, 0.05) is 45.8 Å². The van der Waals surface area contributed by atoms with Crippen LogP contribution in [-0.2, 0) is 16.1 Å².